The van der Waals surface area contributed by atoms with Gasteiger partial charge in [0.05, 0.1) is 0 Å². The van der Waals surface area contributed by atoms with Crippen LogP contribution in [-0.2, 0) is 6.42 Å². The quantitative estimate of drug-likeness (QED) is 0.367. The van der Waals surface area contributed by atoms with Gasteiger partial charge in [-0.1, -0.05) is 85.8 Å². The van der Waals surface area contributed by atoms with Crippen LogP contribution in [0.5, 0.6) is 0 Å². The summed E-state index contributed by atoms with van der Waals surface area (Å²) in [7, 11) is 0. The molecule has 0 amide bonds. The Bertz CT molecular complexity index is 1060. The summed E-state index contributed by atoms with van der Waals surface area (Å²) in [4.78, 5) is 0. The Morgan fingerprint density at radius 2 is 1.19 bits per heavy atom. The molecule has 0 aliphatic heterocycles. The smallest absolute Gasteiger partial charge is 0.00644 e. The third-order valence-corrected chi connectivity index (χ3v) is 5.38. The zero-order valence-corrected chi connectivity index (χ0v) is 15.7. The van der Waals surface area contributed by atoms with Crippen LogP contribution in [0.1, 0.15) is 23.6 Å². The van der Waals surface area contributed by atoms with Gasteiger partial charge in [0.1, 0.15) is 0 Å². The lowest BCUT2D eigenvalue weighted by atomic mass is 9.81. The highest BCUT2D eigenvalue weighted by Gasteiger charge is 2.19. The summed E-state index contributed by atoms with van der Waals surface area (Å²) >= 11 is 0. The maximum absolute atomic E-state index is 2.28. The van der Waals surface area contributed by atoms with Crippen LogP contribution in [-0.4, -0.2) is 0 Å². The van der Waals surface area contributed by atoms with Crippen molar-refractivity contribution in [3.8, 4) is 22.3 Å². The fraction of sp³-hybridized carbons (Fsp3) is 0.154. The number of benzene rings is 4. The molecule has 0 radical (unpaired) electrons. The number of fused-ring (bicyclic) bond motifs is 1. The predicted molar refractivity (Wildman–Crippen MR) is 114 cm³/mol. The molecule has 0 unspecified atom stereocenters. The van der Waals surface area contributed by atoms with Crippen molar-refractivity contribution in [3.05, 3.63) is 95.6 Å². The molecule has 4 rings (SSSR count). The second-order valence-electron chi connectivity index (χ2n) is 6.94. The molecule has 128 valence electrons. The molecule has 0 N–H and O–H groups in total. The van der Waals surface area contributed by atoms with Gasteiger partial charge in [-0.2, -0.15) is 0 Å². The topological polar surface area (TPSA) is 0 Å². The molecule has 26 heavy (non-hydrogen) atoms. The van der Waals surface area contributed by atoms with E-state index in [9.17, 15) is 0 Å². The molecule has 0 atom stereocenters. The van der Waals surface area contributed by atoms with Crippen molar-refractivity contribution in [2.45, 2.75) is 27.2 Å². The molecule has 0 heteroatoms. The van der Waals surface area contributed by atoms with Gasteiger partial charge in [0, 0.05) is 0 Å². The number of rotatable bonds is 3. The first kappa shape index (κ1) is 16.6. The third kappa shape index (κ3) is 2.63. The highest BCUT2D eigenvalue weighted by Crippen LogP contribution is 2.43. The standard InChI is InChI=1S/C26H24/c1-4-22-25(20-13-7-5-8-14-20)19(3)23-17-11-12-18(2)24(23)26(22)21-15-9-6-10-16-21/h5-17H,4H2,1-3H3. The monoisotopic (exact) mass is 336 g/mol. The van der Waals surface area contributed by atoms with Crippen LogP contribution in [0.4, 0.5) is 0 Å². The van der Waals surface area contributed by atoms with E-state index in [-0.39, 0.29) is 0 Å². The molecular formula is C26H24. The summed E-state index contributed by atoms with van der Waals surface area (Å²) in [6, 6.07) is 28.4. The SMILES string of the molecule is CCc1c(-c2ccccc2)c(C)c2cccc(C)c2c1-c1ccccc1. The maximum atomic E-state index is 2.28. The van der Waals surface area contributed by atoms with E-state index in [0.29, 0.717) is 0 Å². The van der Waals surface area contributed by atoms with E-state index in [4.69, 9.17) is 0 Å². The van der Waals surface area contributed by atoms with E-state index < -0.39 is 0 Å². The van der Waals surface area contributed by atoms with Crippen LogP contribution in [0.3, 0.4) is 0 Å². The maximum Gasteiger partial charge on any atom is -0.00644 e. The van der Waals surface area contributed by atoms with Gasteiger partial charge in [-0.15, -0.1) is 0 Å². The molecule has 4 aromatic rings. The highest BCUT2D eigenvalue weighted by atomic mass is 14.2. The summed E-state index contributed by atoms with van der Waals surface area (Å²) in [6.45, 7) is 6.78. The molecule has 0 heterocycles. The second-order valence-corrected chi connectivity index (χ2v) is 6.94. The molecule has 0 aromatic heterocycles. The van der Waals surface area contributed by atoms with Gasteiger partial charge in [-0.25, -0.2) is 0 Å². The van der Waals surface area contributed by atoms with Gasteiger partial charge in [0.25, 0.3) is 0 Å². The summed E-state index contributed by atoms with van der Waals surface area (Å²) in [5.74, 6) is 0. The molecule has 0 aliphatic carbocycles. The Kier molecular flexibility index (Phi) is 4.34. The number of hydrogen-bond acceptors (Lipinski definition) is 0. The second kappa shape index (κ2) is 6.80. The summed E-state index contributed by atoms with van der Waals surface area (Å²) in [5, 5.41) is 2.76. The molecule has 0 spiro atoms. The predicted octanol–water partition coefficient (Wildman–Crippen LogP) is 7.35. The minimum absolute atomic E-state index is 1.01. The lowest BCUT2D eigenvalue weighted by molar-refractivity contribution is 1.14. The molecular weight excluding hydrogens is 312 g/mol. The Balaban J connectivity index is 2.22. The fourth-order valence-corrected chi connectivity index (χ4v) is 4.22. The first-order valence-electron chi connectivity index (χ1n) is 9.38. The van der Waals surface area contributed by atoms with Crippen LogP contribution in [0, 0.1) is 13.8 Å². The van der Waals surface area contributed by atoms with E-state index in [2.05, 4.69) is 99.6 Å². The van der Waals surface area contributed by atoms with Crippen molar-refractivity contribution in [3.63, 3.8) is 0 Å². The van der Waals surface area contributed by atoms with Crippen molar-refractivity contribution < 1.29 is 0 Å². The average Bonchev–Trinajstić information content (AvgIpc) is 2.69. The Morgan fingerprint density at radius 1 is 0.615 bits per heavy atom. The third-order valence-electron chi connectivity index (χ3n) is 5.38. The van der Waals surface area contributed by atoms with Crippen LogP contribution in [0.2, 0.25) is 0 Å². The van der Waals surface area contributed by atoms with Gasteiger partial charge in [0.15, 0.2) is 0 Å². The lowest BCUT2D eigenvalue weighted by Gasteiger charge is -2.22. The Labute approximate surface area is 156 Å². The molecule has 0 nitrogen and oxygen atoms in total. The zero-order valence-electron chi connectivity index (χ0n) is 15.7. The average molecular weight is 336 g/mol. The molecule has 0 fully saturated rings. The number of hydrogen-bond donors (Lipinski definition) is 0. The Morgan fingerprint density at radius 3 is 1.77 bits per heavy atom. The van der Waals surface area contributed by atoms with Gasteiger partial charge in [0.2, 0.25) is 0 Å². The summed E-state index contributed by atoms with van der Waals surface area (Å²) < 4.78 is 0. The first-order chi connectivity index (χ1) is 12.7. The minimum atomic E-state index is 1.01. The van der Waals surface area contributed by atoms with Gasteiger partial charge >= 0.3 is 0 Å². The molecule has 4 aromatic carbocycles. The van der Waals surface area contributed by atoms with Crippen molar-refractivity contribution in [1.29, 1.82) is 0 Å². The molecule has 0 saturated carbocycles. The van der Waals surface area contributed by atoms with Crippen LogP contribution < -0.4 is 0 Å². The van der Waals surface area contributed by atoms with Crippen molar-refractivity contribution >= 4 is 10.8 Å². The van der Waals surface area contributed by atoms with Crippen molar-refractivity contribution in [1.82, 2.24) is 0 Å². The number of aryl methyl sites for hydroxylation is 2. The van der Waals surface area contributed by atoms with Crippen molar-refractivity contribution in [2.75, 3.05) is 0 Å². The normalized spacial score (nSPS) is 11.0. The highest BCUT2D eigenvalue weighted by molar-refractivity contribution is 6.06. The molecule has 0 aliphatic rings. The van der Waals surface area contributed by atoms with Gasteiger partial charge < -0.3 is 0 Å². The van der Waals surface area contributed by atoms with E-state index in [1.54, 1.807) is 0 Å². The first-order valence-corrected chi connectivity index (χ1v) is 9.38. The van der Waals surface area contributed by atoms with Gasteiger partial charge in [-0.05, 0) is 70.0 Å². The van der Waals surface area contributed by atoms with Gasteiger partial charge in [-0.3, -0.25) is 0 Å². The van der Waals surface area contributed by atoms with E-state index in [1.165, 1.54) is 49.7 Å². The zero-order chi connectivity index (χ0) is 18.1. The minimum Gasteiger partial charge on any atom is -0.0622 e. The van der Waals surface area contributed by atoms with E-state index in [1.807, 2.05) is 0 Å². The van der Waals surface area contributed by atoms with Crippen molar-refractivity contribution in [2.24, 2.45) is 0 Å². The van der Waals surface area contributed by atoms with Crippen LogP contribution in [0.25, 0.3) is 33.0 Å². The molecule has 0 saturated heterocycles. The van der Waals surface area contributed by atoms with E-state index in [0.717, 1.165) is 6.42 Å². The largest absolute Gasteiger partial charge is 0.0622 e. The summed E-state index contributed by atoms with van der Waals surface area (Å²) in [5.41, 5.74) is 9.57. The summed E-state index contributed by atoms with van der Waals surface area (Å²) in [6.07, 6.45) is 1.01. The lowest BCUT2D eigenvalue weighted by Crippen LogP contribution is -1.99. The fourth-order valence-electron chi connectivity index (χ4n) is 4.22. The van der Waals surface area contributed by atoms with E-state index >= 15 is 0 Å². The Hall–Kier alpha value is -2.86. The molecule has 0 bridgehead atoms. The van der Waals surface area contributed by atoms with Crippen LogP contribution >= 0.6 is 0 Å². The van der Waals surface area contributed by atoms with Crippen LogP contribution in [0.15, 0.2) is 78.9 Å².